The van der Waals surface area contributed by atoms with Gasteiger partial charge in [-0.3, -0.25) is 4.79 Å². The zero-order valence-electron chi connectivity index (χ0n) is 9.73. The SMILES string of the molecule is Nc1c(Cl)cc(C(=O)NCc2ccncn2)cc1Cl. The van der Waals surface area contributed by atoms with Gasteiger partial charge in [-0.05, 0) is 18.2 Å². The lowest BCUT2D eigenvalue weighted by atomic mass is 10.2. The van der Waals surface area contributed by atoms with E-state index in [1.165, 1.54) is 18.5 Å². The minimum Gasteiger partial charge on any atom is -0.396 e. The fourth-order valence-corrected chi connectivity index (χ4v) is 1.90. The van der Waals surface area contributed by atoms with Gasteiger partial charge in [0.25, 0.3) is 5.91 Å². The first-order valence-electron chi connectivity index (χ1n) is 5.35. The molecule has 3 N–H and O–H groups in total. The van der Waals surface area contributed by atoms with E-state index in [0.29, 0.717) is 17.8 Å². The average Bonchev–Trinajstić information content (AvgIpc) is 2.42. The highest BCUT2D eigenvalue weighted by molar-refractivity contribution is 6.39. The standard InChI is InChI=1S/C12H10Cl2N4O/c13-9-3-7(4-10(14)11(9)15)12(19)17-5-8-1-2-16-6-18-8/h1-4,6H,5,15H2,(H,17,19). The highest BCUT2D eigenvalue weighted by atomic mass is 35.5. The molecule has 0 radical (unpaired) electrons. The summed E-state index contributed by atoms with van der Waals surface area (Å²) in [5.41, 5.74) is 6.91. The molecule has 1 heterocycles. The summed E-state index contributed by atoms with van der Waals surface area (Å²) in [7, 11) is 0. The van der Waals surface area contributed by atoms with E-state index in [4.69, 9.17) is 28.9 Å². The Morgan fingerprint density at radius 2 is 2.00 bits per heavy atom. The molecule has 0 spiro atoms. The van der Waals surface area contributed by atoms with E-state index in [1.54, 1.807) is 12.3 Å². The molecule has 0 aliphatic carbocycles. The Bertz CT molecular complexity index is 581. The number of hydrogen-bond acceptors (Lipinski definition) is 4. The monoisotopic (exact) mass is 296 g/mol. The molecule has 19 heavy (non-hydrogen) atoms. The highest BCUT2D eigenvalue weighted by Crippen LogP contribution is 2.28. The number of nitrogens with zero attached hydrogens (tertiary/aromatic N) is 2. The summed E-state index contributed by atoms with van der Waals surface area (Å²) in [6, 6.07) is 4.65. The van der Waals surface area contributed by atoms with Crippen molar-refractivity contribution >= 4 is 34.8 Å². The molecular weight excluding hydrogens is 287 g/mol. The Morgan fingerprint density at radius 1 is 1.32 bits per heavy atom. The van der Waals surface area contributed by atoms with Crippen molar-refractivity contribution in [3.8, 4) is 0 Å². The number of hydrogen-bond donors (Lipinski definition) is 2. The molecule has 2 rings (SSSR count). The summed E-state index contributed by atoms with van der Waals surface area (Å²) in [6.45, 7) is 0.293. The van der Waals surface area contributed by atoms with Crippen LogP contribution in [0.4, 0.5) is 5.69 Å². The second-order valence-electron chi connectivity index (χ2n) is 3.74. The summed E-state index contributed by atoms with van der Waals surface area (Å²) in [4.78, 5) is 19.7. The second kappa shape index (κ2) is 5.86. The van der Waals surface area contributed by atoms with Gasteiger partial charge in [0.1, 0.15) is 6.33 Å². The number of carbonyl (C=O) groups excluding carboxylic acids is 1. The van der Waals surface area contributed by atoms with Crippen molar-refractivity contribution in [3.63, 3.8) is 0 Å². The molecule has 0 saturated carbocycles. The van der Waals surface area contributed by atoms with Crippen LogP contribution in [-0.2, 0) is 6.54 Å². The quantitative estimate of drug-likeness (QED) is 0.852. The summed E-state index contributed by atoms with van der Waals surface area (Å²) < 4.78 is 0. The third-order valence-electron chi connectivity index (χ3n) is 2.41. The van der Waals surface area contributed by atoms with Gasteiger partial charge in [0.05, 0.1) is 28.0 Å². The van der Waals surface area contributed by atoms with Crippen LogP contribution >= 0.6 is 23.2 Å². The molecule has 0 bridgehead atoms. The van der Waals surface area contributed by atoms with Gasteiger partial charge in [0, 0.05) is 11.8 Å². The largest absolute Gasteiger partial charge is 0.396 e. The molecule has 1 aromatic heterocycles. The number of halogens is 2. The number of nitrogens with one attached hydrogen (secondary N) is 1. The number of anilines is 1. The molecule has 7 heteroatoms. The van der Waals surface area contributed by atoms with Gasteiger partial charge in [-0.25, -0.2) is 9.97 Å². The van der Waals surface area contributed by atoms with Crippen molar-refractivity contribution in [2.45, 2.75) is 6.54 Å². The van der Waals surface area contributed by atoms with Crippen LogP contribution in [0.3, 0.4) is 0 Å². The van der Waals surface area contributed by atoms with E-state index >= 15 is 0 Å². The summed E-state index contributed by atoms with van der Waals surface area (Å²) in [5.74, 6) is -0.303. The van der Waals surface area contributed by atoms with Crippen molar-refractivity contribution in [2.24, 2.45) is 0 Å². The fourth-order valence-electron chi connectivity index (χ4n) is 1.41. The molecule has 0 aliphatic rings. The van der Waals surface area contributed by atoms with E-state index < -0.39 is 0 Å². The number of benzene rings is 1. The lowest BCUT2D eigenvalue weighted by molar-refractivity contribution is 0.0950. The second-order valence-corrected chi connectivity index (χ2v) is 4.55. The Labute approximate surface area is 119 Å². The molecular formula is C12H10Cl2N4O. The van der Waals surface area contributed by atoms with E-state index in [9.17, 15) is 4.79 Å². The molecule has 0 fully saturated rings. The first-order valence-corrected chi connectivity index (χ1v) is 6.11. The predicted octanol–water partition coefficient (Wildman–Crippen LogP) is 2.30. The average molecular weight is 297 g/mol. The van der Waals surface area contributed by atoms with Crippen LogP contribution in [-0.4, -0.2) is 15.9 Å². The fraction of sp³-hybridized carbons (Fsp3) is 0.0833. The minimum absolute atomic E-state index is 0.250. The van der Waals surface area contributed by atoms with Gasteiger partial charge in [0.15, 0.2) is 0 Å². The number of rotatable bonds is 3. The van der Waals surface area contributed by atoms with Crippen LogP contribution in [0.15, 0.2) is 30.7 Å². The Hall–Kier alpha value is -1.85. The zero-order chi connectivity index (χ0) is 13.8. The number of amides is 1. The van der Waals surface area contributed by atoms with Gasteiger partial charge in [0.2, 0.25) is 0 Å². The molecule has 0 atom stereocenters. The van der Waals surface area contributed by atoms with Crippen LogP contribution in [0.1, 0.15) is 16.1 Å². The molecule has 1 amide bonds. The molecule has 0 aliphatic heterocycles. The van der Waals surface area contributed by atoms with Crippen LogP contribution in [0.5, 0.6) is 0 Å². The number of aromatic nitrogens is 2. The first-order chi connectivity index (χ1) is 9.08. The summed E-state index contributed by atoms with van der Waals surface area (Å²) in [5, 5.41) is 3.20. The maximum Gasteiger partial charge on any atom is 0.251 e. The molecule has 5 nitrogen and oxygen atoms in total. The van der Waals surface area contributed by atoms with Gasteiger partial charge in [-0.15, -0.1) is 0 Å². The highest BCUT2D eigenvalue weighted by Gasteiger charge is 2.11. The Morgan fingerprint density at radius 3 is 2.58 bits per heavy atom. The number of carbonyl (C=O) groups is 1. The van der Waals surface area contributed by atoms with Gasteiger partial charge < -0.3 is 11.1 Å². The van der Waals surface area contributed by atoms with Gasteiger partial charge in [-0.1, -0.05) is 23.2 Å². The third kappa shape index (κ3) is 3.33. The summed E-state index contributed by atoms with van der Waals surface area (Å²) >= 11 is 11.7. The lowest BCUT2D eigenvalue weighted by Crippen LogP contribution is -2.23. The molecule has 98 valence electrons. The van der Waals surface area contributed by atoms with Gasteiger partial charge in [-0.2, -0.15) is 0 Å². The maximum absolute atomic E-state index is 11.9. The van der Waals surface area contributed by atoms with Crippen LogP contribution in [0.25, 0.3) is 0 Å². The number of nitrogens with two attached hydrogens (primary N) is 1. The molecule has 0 saturated heterocycles. The number of nitrogen functional groups attached to an aromatic ring is 1. The maximum atomic E-state index is 11.9. The van der Waals surface area contributed by atoms with Crippen LogP contribution in [0, 0.1) is 0 Å². The van der Waals surface area contributed by atoms with Crippen molar-refractivity contribution < 1.29 is 4.79 Å². The molecule has 0 unspecified atom stereocenters. The van der Waals surface area contributed by atoms with Crippen molar-refractivity contribution in [2.75, 3.05) is 5.73 Å². The normalized spacial score (nSPS) is 10.2. The van der Waals surface area contributed by atoms with Crippen LogP contribution < -0.4 is 11.1 Å². The van der Waals surface area contributed by atoms with Crippen molar-refractivity contribution in [1.82, 2.24) is 15.3 Å². The Kier molecular flexibility index (Phi) is 4.19. The van der Waals surface area contributed by atoms with Crippen molar-refractivity contribution in [3.05, 3.63) is 52.0 Å². The van der Waals surface area contributed by atoms with Crippen LogP contribution in [0.2, 0.25) is 10.0 Å². The zero-order valence-corrected chi connectivity index (χ0v) is 11.2. The predicted molar refractivity (Wildman–Crippen MR) is 74.1 cm³/mol. The van der Waals surface area contributed by atoms with E-state index in [-0.39, 0.29) is 21.6 Å². The summed E-state index contributed by atoms with van der Waals surface area (Å²) in [6.07, 6.45) is 3.02. The molecule has 2 aromatic rings. The van der Waals surface area contributed by atoms with Gasteiger partial charge >= 0.3 is 0 Å². The topological polar surface area (TPSA) is 80.9 Å². The minimum atomic E-state index is -0.303. The Balaban J connectivity index is 2.08. The lowest BCUT2D eigenvalue weighted by Gasteiger charge is -2.07. The van der Waals surface area contributed by atoms with E-state index in [1.807, 2.05) is 0 Å². The third-order valence-corrected chi connectivity index (χ3v) is 3.04. The smallest absolute Gasteiger partial charge is 0.251 e. The van der Waals surface area contributed by atoms with Crippen molar-refractivity contribution in [1.29, 1.82) is 0 Å². The molecule has 1 aromatic carbocycles. The first kappa shape index (κ1) is 13.6. The van der Waals surface area contributed by atoms with E-state index in [0.717, 1.165) is 0 Å². The van der Waals surface area contributed by atoms with E-state index in [2.05, 4.69) is 15.3 Å².